The smallest absolute Gasteiger partial charge is 0.290 e. The number of furan rings is 2. The SMILES string of the molecule is CCC(=O)C1=C(O)C(=O)N(Cc2ccco2)C1c1ccc(C)o1. The van der Waals surface area contributed by atoms with Crippen LogP contribution in [-0.4, -0.2) is 21.7 Å². The van der Waals surface area contributed by atoms with Crippen molar-refractivity contribution in [2.75, 3.05) is 0 Å². The minimum absolute atomic E-state index is 0.0819. The largest absolute Gasteiger partial charge is 0.503 e. The van der Waals surface area contributed by atoms with Gasteiger partial charge in [-0.1, -0.05) is 6.92 Å². The summed E-state index contributed by atoms with van der Waals surface area (Å²) in [6.07, 6.45) is 1.70. The second kappa shape index (κ2) is 5.79. The van der Waals surface area contributed by atoms with Crippen LogP contribution in [0.1, 0.15) is 36.7 Å². The van der Waals surface area contributed by atoms with Gasteiger partial charge >= 0.3 is 0 Å². The molecule has 0 saturated carbocycles. The molecule has 0 aromatic carbocycles. The van der Waals surface area contributed by atoms with E-state index in [1.165, 1.54) is 11.2 Å². The number of aliphatic hydroxyl groups is 1. The average molecular weight is 315 g/mol. The van der Waals surface area contributed by atoms with Crippen LogP contribution in [-0.2, 0) is 16.1 Å². The van der Waals surface area contributed by atoms with Gasteiger partial charge < -0.3 is 18.8 Å². The van der Waals surface area contributed by atoms with Gasteiger partial charge in [-0.3, -0.25) is 9.59 Å². The van der Waals surface area contributed by atoms with Crippen LogP contribution in [0.2, 0.25) is 0 Å². The van der Waals surface area contributed by atoms with E-state index < -0.39 is 17.7 Å². The Hall–Kier alpha value is -2.76. The molecule has 3 rings (SSSR count). The summed E-state index contributed by atoms with van der Waals surface area (Å²) in [5, 5.41) is 10.2. The molecular formula is C17H17NO5. The molecule has 1 aliphatic rings. The fourth-order valence-electron chi connectivity index (χ4n) is 2.76. The van der Waals surface area contributed by atoms with E-state index in [2.05, 4.69) is 0 Å². The van der Waals surface area contributed by atoms with Crippen molar-refractivity contribution in [3.8, 4) is 0 Å². The number of hydrogen-bond donors (Lipinski definition) is 1. The summed E-state index contributed by atoms with van der Waals surface area (Å²) in [6, 6.07) is 6.17. The van der Waals surface area contributed by atoms with E-state index in [0.717, 1.165) is 0 Å². The Morgan fingerprint density at radius 1 is 1.35 bits per heavy atom. The molecule has 1 N–H and O–H groups in total. The van der Waals surface area contributed by atoms with Gasteiger partial charge in [0.05, 0.1) is 18.4 Å². The van der Waals surface area contributed by atoms with Crippen LogP contribution < -0.4 is 0 Å². The molecule has 1 atom stereocenters. The highest BCUT2D eigenvalue weighted by Gasteiger charge is 2.44. The first-order valence-corrected chi connectivity index (χ1v) is 7.39. The molecular weight excluding hydrogens is 298 g/mol. The van der Waals surface area contributed by atoms with Crippen molar-refractivity contribution in [1.82, 2.24) is 4.90 Å². The van der Waals surface area contributed by atoms with E-state index in [4.69, 9.17) is 8.83 Å². The van der Waals surface area contributed by atoms with Crippen LogP contribution in [0.15, 0.2) is 50.7 Å². The van der Waals surface area contributed by atoms with Gasteiger partial charge in [-0.2, -0.15) is 0 Å². The quantitative estimate of drug-likeness (QED) is 0.916. The third kappa shape index (κ3) is 2.56. The topological polar surface area (TPSA) is 83.9 Å². The number of nitrogens with zero attached hydrogens (tertiary/aromatic N) is 1. The molecule has 2 aromatic heterocycles. The van der Waals surface area contributed by atoms with Crippen LogP contribution in [0.4, 0.5) is 0 Å². The minimum Gasteiger partial charge on any atom is -0.503 e. The van der Waals surface area contributed by atoms with Crippen LogP contribution in [0, 0.1) is 6.92 Å². The van der Waals surface area contributed by atoms with Crippen LogP contribution in [0.3, 0.4) is 0 Å². The molecule has 1 aliphatic heterocycles. The summed E-state index contributed by atoms with van der Waals surface area (Å²) in [5.41, 5.74) is 0.0819. The summed E-state index contributed by atoms with van der Waals surface area (Å²) in [4.78, 5) is 26.1. The van der Waals surface area contributed by atoms with Gasteiger partial charge in [-0.15, -0.1) is 0 Å². The van der Waals surface area contributed by atoms with Crippen molar-refractivity contribution in [2.24, 2.45) is 0 Å². The van der Waals surface area contributed by atoms with Crippen molar-refractivity contribution in [3.05, 3.63) is 59.1 Å². The van der Waals surface area contributed by atoms with Crippen molar-refractivity contribution < 1.29 is 23.5 Å². The molecule has 0 radical (unpaired) electrons. The summed E-state index contributed by atoms with van der Waals surface area (Å²) in [6.45, 7) is 3.61. The summed E-state index contributed by atoms with van der Waals surface area (Å²) in [7, 11) is 0. The monoisotopic (exact) mass is 315 g/mol. The number of ketones is 1. The molecule has 1 unspecified atom stereocenters. The molecule has 3 heterocycles. The number of amides is 1. The van der Waals surface area contributed by atoms with E-state index in [0.29, 0.717) is 17.3 Å². The number of aryl methyl sites for hydroxylation is 1. The van der Waals surface area contributed by atoms with E-state index in [-0.39, 0.29) is 24.3 Å². The Morgan fingerprint density at radius 3 is 2.70 bits per heavy atom. The molecule has 2 aromatic rings. The molecule has 23 heavy (non-hydrogen) atoms. The highest BCUT2D eigenvalue weighted by atomic mass is 16.3. The van der Waals surface area contributed by atoms with E-state index >= 15 is 0 Å². The first kappa shape index (κ1) is 15.1. The predicted molar refractivity (Wildman–Crippen MR) is 80.4 cm³/mol. The Labute approximate surface area is 133 Å². The zero-order chi connectivity index (χ0) is 16.6. The van der Waals surface area contributed by atoms with Gasteiger partial charge in [0.25, 0.3) is 5.91 Å². The number of Topliss-reactive ketones (excluding diaryl/α,β-unsaturated/α-hetero) is 1. The third-order valence-corrected chi connectivity index (χ3v) is 3.86. The number of carbonyl (C=O) groups excluding carboxylic acids is 2. The second-order valence-corrected chi connectivity index (χ2v) is 5.40. The van der Waals surface area contributed by atoms with E-state index in [9.17, 15) is 14.7 Å². The van der Waals surface area contributed by atoms with E-state index in [1.807, 2.05) is 0 Å². The van der Waals surface area contributed by atoms with Gasteiger partial charge in [0.2, 0.25) is 0 Å². The van der Waals surface area contributed by atoms with Gasteiger partial charge in [0, 0.05) is 6.42 Å². The van der Waals surface area contributed by atoms with Crippen LogP contribution in [0.25, 0.3) is 0 Å². The number of hydrogen-bond acceptors (Lipinski definition) is 5. The Morgan fingerprint density at radius 2 is 2.13 bits per heavy atom. The van der Waals surface area contributed by atoms with Gasteiger partial charge in [-0.05, 0) is 31.2 Å². The lowest BCUT2D eigenvalue weighted by molar-refractivity contribution is -0.130. The van der Waals surface area contributed by atoms with Crippen LogP contribution in [0.5, 0.6) is 0 Å². The number of carbonyl (C=O) groups is 2. The standard InChI is InChI=1S/C17H17NO5/c1-3-12(19)14-15(13-7-6-10(2)23-13)18(17(21)16(14)20)9-11-5-4-8-22-11/h4-8,15,20H,3,9H2,1-2H3. The van der Waals surface area contributed by atoms with Crippen molar-refractivity contribution >= 4 is 11.7 Å². The summed E-state index contributed by atoms with van der Waals surface area (Å²) < 4.78 is 10.9. The molecule has 0 saturated heterocycles. The molecule has 0 fully saturated rings. The van der Waals surface area contributed by atoms with Crippen molar-refractivity contribution in [1.29, 1.82) is 0 Å². The van der Waals surface area contributed by atoms with Gasteiger partial charge in [0.1, 0.15) is 23.3 Å². The molecule has 0 spiro atoms. The fourth-order valence-corrected chi connectivity index (χ4v) is 2.76. The van der Waals surface area contributed by atoms with Gasteiger partial charge in [0.15, 0.2) is 11.5 Å². The second-order valence-electron chi connectivity index (χ2n) is 5.40. The highest BCUT2D eigenvalue weighted by molar-refractivity contribution is 6.08. The summed E-state index contributed by atoms with van der Waals surface area (Å²) in [5.74, 6) is 0.282. The molecule has 0 aliphatic carbocycles. The van der Waals surface area contributed by atoms with Gasteiger partial charge in [-0.25, -0.2) is 0 Å². The molecule has 120 valence electrons. The maximum atomic E-state index is 12.4. The maximum Gasteiger partial charge on any atom is 0.290 e. The fraction of sp³-hybridized carbons (Fsp3) is 0.294. The number of aliphatic hydroxyl groups excluding tert-OH is 1. The lowest BCUT2D eigenvalue weighted by Gasteiger charge is -2.23. The zero-order valence-electron chi connectivity index (χ0n) is 12.9. The maximum absolute atomic E-state index is 12.4. The first-order valence-electron chi connectivity index (χ1n) is 7.39. The Bertz CT molecular complexity index is 769. The normalized spacial score (nSPS) is 18.1. The molecule has 1 amide bonds. The van der Waals surface area contributed by atoms with Crippen molar-refractivity contribution in [3.63, 3.8) is 0 Å². The lowest BCUT2D eigenvalue weighted by Crippen LogP contribution is -2.30. The number of rotatable bonds is 5. The lowest BCUT2D eigenvalue weighted by atomic mass is 10.00. The zero-order valence-corrected chi connectivity index (χ0v) is 12.9. The minimum atomic E-state index is -0.742. The van der Waals surface area contributed by atoms with Crippen LogP contribution >= 0.6 is 0 Å². The predicted octanol–water partition coefficient (Wildman–Crippen LogP) is 3.06. The molecule has 0 bridgehead atoms. The van der Waals surface area contributed by atoms with E-state index in [1.54, 1.807) is 38.1 Å². The Balaban J connectivity index is 2.04. The molecule has 6 nitrogen and oxygen atoms in total. The Kier molecular flexibility index (Phi) is 3.82. The molecule has 6 heteroatoms. The van der Waals surface area contributed by atoms with Crippen molar-refractivity contribution in [2.45, 2.75) is 32.9 Å². The first-order chi connectivity index (χ1) is 11.0. The highest BCUT2D eigenvalue weighted by Crippen LogP contribution is 2.39. The average Bonchev–Trinajstić information content (AvgIpc) is 3.24. The summed E-state index contributed by atoms with van der Waals surface area (Å²) >= 11 is 0. The third-order valence-electron chi connectivity index (χ3n) is 3.86.